The highest BCUT2D eigenvalue weighted by Gasteiger charge is 2.11. The fourth-order valence-electron chi connectivity index (χ4n) is 2.23. The van der Waals surface area contributed by atoms with Crippen LogP contribution >= 0.6 is 11.3 Å². The summed E-state index contributed by atoms with van der Waals surface area (Å²) < 4.78 is 6.38. The summed E-state index contributed by atoms with van der Waals surface area (Å²) in [5, 5.41) is 5.78. The fourth-order valence-corrected chi connectivity index (χ4v) is 3.14. The van der Waals surface area contributed by atoms with Crippen LogP contribution in [0.3, 0.4) is 0 Å². The maximum atomic E-state index is 12.0. The molecule has 0 aliphatic carbocycles. The van der Waals surface area contributed by atoms with E-state index in [-0.39, 0.29) is 18.4 Å². The van der Waals surface area contributed by atoms with Crippen molar-refractivity contribution in [2.24, 2.45) is 0 Å². The van der Waals surface area contributed by atoms with Crippen LogP contribution < -0.4 is 15.4 Å². The molecule has 7 heteroatoms. The van der Waals surface area contributed by atoms with Gasteiger partial charge in [0.2, 0.25) is 5.91 Å². The molecule has 0 fully saturated rings. The quantitative estimate of drug-likeness (QED) is 0.712. The van der Waals surface area contributed by atoms with Gasteiger partial charge in [-0.25, -0.2) is 4.98 Å². The van der Waals surface area contributed by atoms with E-state index in [1.54, 1.807) is 24.3 Å². The average Bonchev–Trinajstić information content (AvgIpc) is 3.02. The largest absolute Gasteiger partial charge is 0.494 e. The maximum Gasteiger partial charge on any atom is 0.251 e. The molecule has 0 unspecified atom stereocenters. The third kappa shape index (κ3) is 4.33. The van der Waals surface area contributed by atoms with Crippen molar-refractivity contribution in [2.45, 2.75) is 6.92 Å². The topological polar surface area (TPSA) is 80.3 Å². The summed E-state index contributed by atoms with van der Waals surface area (Å²) in [7, 11) is 0. The van der Waals surface area contributed by atoms with E-state index in [1.165, 1.54) is 11.3 Å². The second-order valence-corrected chi connectivity index (χ2v) is 6.21. The van der Waals surface area contributed by atoms with Crippen LogP contribution in [0.2, 0.25) is 0 Å². The van der Waals surface area contributed by atoms with Crippen molar-refractivity contribution in [3.05, 3.63) is 54.1 Å². The number of amides is 2. The lowest BCUT2D eigenvalue weighted by molar-refractivity contribution is -0.115. The molecule has 6 nitrogen and oxygen atoms in total. The first-order valence-electron chi connectivity index (χ1n) is 7.82. The van der Waals surface area contributed by atoms with E-state index >= 15 is 0 Å². The van der Waals surface area contributed by atoms with Crippen LogP contribution in [0, 0.1) is 0 Å². The van der Waals surface area contributed by atoms with Gasteiger partial charge in [0, 0.05) is 5.56 Å². The highest BCUT2D eigenvalue weighted by atomic mass is 32.1. The van der Waals surface area contributed by atoms with Gasteiger partial charge in [0.15, 0.2) is 5.13 Å². The smallest absolute Gasteiger partial charge is 0.251 e. The average molecular weight is 355 g/mol. The number of carbonyl (C=O) groups is 2. The number of fused-ring (bicyclic) bond motifs is 1. The van der Waals surface area contributed by atoms with Crippen molar-refractivity contribution in [2.75, 3.05) is 18.5 Å². The molecular weight excluding hydrogens is 338 g/mol. The highest BCUT2D eigenvalue weighted by Crippen LogP contribution is 2.29. The minimum atomic E-state index is -0.326. The molecule has 2 aromatic carbocycles. The first-order valence-corrected chi connectivity index (χ1v) is 8.64. The Kier molecular flexibility index (Phi) is 5.25. The van der Waals surface area contributed by atoms with Crippen molar-refractivity contribution in [3.8, 4) is 5.75 Å². The lowest BCUT2D eigenvalue weighted by Gasteiger charge is -2.04. The van der Waals surface area contributed by atoms with Gasteiger partial charge in [-0.3, -0.25) is 9.59 Å². The number of anilines is 1. The van der Waals surface area contributed by atoms with Crippen molar-refractivity contribution >= 4 is 38.5 Å². The molecule has 0 saturated carbocycles. The van der Waals surface area contributed by atoms with Crippen LogP contribution in [0.15, 0.2) is 48.5 Å². The van der Waals surface area contributed by atoms with Gasteiger partial charge in [-0.1, -0.05) is 29.5 Å². The van der Waals surface area contributed by atoms with Crippen LogP contribution in [-0.2, 0) is 4.79 Å². The number of nitrogens with one attached hydrogen (secondary N) is 2. The number of benzene rings is 2. The summed E-state index contributed by atoms with van der Waals surface area (Å²) in [5.74, 6) is 0.154. The van der Waals surface area contributed by atoms with E-state index in [1.807, 2.05) is 31.2 Å². The lowest BCUT2D eigenvalue weighted by atomic mass is 10.2. The molecule has 0 spiro atoms. The molecule has 0 bridgehead atoms. The number of nitrogens with zero attached hydrogens (tertiary/aromatic N) is 1. The second-order valence-electron chi connectivity index (χ2n) is 5.18. The summed E-state index contributed by atoms with van der Waals surface area (Å²) in [5.41, 5.74) is 1.30. The molecule has 1 heterocycles. The molecule has 128 valence electrons. The van der Waals surface area contributed by atoms with Gasteiger partial charge in [-0.15, -0.1) is 0 Å². The number of ether oxygens (including phenoxy) is 1. The normalized spacial score (nSPS) is 10.4. The van der Waals surface area contributed by atoms with Crippen LogP contribution in [-0.4, -0.2) is 29.9 Å². The standard InChI is InChI=1S/C18H17N3O3S/c1-2-24-13-8-9-14-15(10-13)25-18(20-14)21-16(22)11-19-17(23)12-6-4-3-5-7-12/h3-10H,2,11H2,1H3,(H,19,23)(H,20,21,22). The first kappa shape index (κ1) is 16.9. The van der Waals surface area contributed by atoms with Gasteiger partial charge in [-0.2, -0.15) is 0 Å². The van der Waals surface area contributed by atoms with Gasteiger partial charge in [0.25, 0.3) is 5.91 Å². The lowest BCUT2D eigenvalue weighted by Crippen LogP contribution is -2.32. The second kappa shape index (κ2) is 7.76. The number of carbonyl (C=O) groups excluding carboxylic acids is 2. The zero-order valence-corrected chi connectivity index (χ0v) is 14.4. The fraction of sp³-hybridized carbons (Fsp3) is 0.167. The van der Waals surface area contributed by atoms with Gasteiger partial charge in [0.1, 0.15) is 5.75 Å². The molecule has 1 aromatic heterocycles. The van der Waals surface area contributed by atoms with E-state index < -0.39 is 0 Å². The Hall–Kier alpha value is -2.93. The molecular formula is C18H17N3O3S. The summed E-state index contributed by atoms with van der Waals surface area (Å²) in [6, 6.07) is 14.3. The molecule has 0 aliphatic heterocycles. The molecule has 25 heavy (non-hydrogen) atoms. The summed E-state index contributed by atoms with van der Waals surface area (Å²) in [6.07, 6.45) is 0. The van der Waals surface area contributed by atoms with Crippen LogP contribution in [0.25, 0.3) is 10.2 Å². The van der Waals surface area contributed by atoms with Crippen molar-refractivity contribution in [3.63, 3.8) is 0 Å². The number of hydrogen-bond donors (Lipinski definition) is 2. The SMILES string of the molecule is CCOc1ccc2nc(NC(=O)CNC(=O)c3ccccc3)sc2c1. The molecule has 0 radical (unpaired) electrons. The predicted molar refractivity (Wildman–Crippen MR) is 98.2 cm³/mol. The Morgan fingerprint density at radius 1 is 1.16 bits per heavy atom. The molecule has 3 aromatic rings. The number of rotatable bonds is 6. The Balaban J connectivity index is 1.59. The maximum absolute atomic E-state index is 12.0. The third-order valence-corrected chi connectivity index (χ3v) is 4.30. The van der Waals surface area contributed by atoms with Crippen molar-refractivity contribution in [1.82, 2.24) is 10.3 Å². The van der Waals surface area contributed by atoms with E-state index in [2.05, 4.69) is 15.6 Å². The monoisotopic (exact) mass is 355 g/mol. The van der Waals surface area contributed by atoms with Crippen molar-refractivity contribution in [1.29, 1.82) is 0 Å². The summed E-state index contributed by atoms with van der Waals surface area (Å²) in [6.45, 7) is 2.40. The number of aromatic nitrogens is 1. The molecule has 2 N–H and O–H groups in total. The zero-order chi connectivity index (χ0) is 17.6. The Bertz CT molecular complexity index is 893. The molecule has 0 aliphatic rings. The van der Waals surface area contributed by atoms with Crippen molar-refractivity contribution < 1.29 is 14.3 Å². The van der Waals surface area contributed by atoms with Crippen LogP contribution in [0.1, 0.15) is 17.3 Å². The van der Waals surface area contributed by atoms with E-state index in [0.29, 0.717) is 17.3 Å². The summed E-state index contributed by atoms with van der Waals surface area (Å²) >= 11 is 1.36. The minimum absolute atomic E-state index is 0.117. The van der Waals surface area contributed by atoms with Gasteiger partial charge in [0.05, 0.1) is 23.4 Å². The number of thiazole rings is 1. The Labute approximate surface area is 148 Å². The first-order chi connectivity index (χ1) is 12.2. The van der Waals surface area contributed by atoms with Gasteiger partial charge < -0.3 is 15.4 Å². The number of hydrogen-bond acceptors (Lipinski definition) is 5. The van der Waals surface area contributed by atoms with Crippen LogP contribution in [0.4, 0.5) is 5.13 Å². The third-order valence-electron chi connectivity index (χ3n) is 3.36. The highest BCUT2D eigenvalue weighted by molar-refractivity contribution is 7.22. The molecule has 2 amide bonds. The van der Waals surface area contributed by atoms with Gasteiger partial charge in [-0.05, 0) is 37.3 Å². The Morgan fingerprint density at radius 2 is 1.96 bits per heavy atom. The minimum Gasteiger partial charge on any atom is -0.494 e. The van der Waals surface area contributed by atoms with E-state index in [9.17, 15) is 9.59 Å². The summed E-state index contributed by atoms with van der Waals surface area (Å²) in [4.78, 5) is 28.3. The van der Waals surface area contributed by atoms with Gasteiger partial charge >= 0.3 is 0 Å². The van der Waals surface area contributed by atoms with Crippen LogP contribution in [0.5, 0.6) is 5.75 Å². The molecule has 0 saturated heterocycles. The zero-order valence-electron chi connectivity index (χ0n) is 13.6. The molecule has 0 atom stereocenters. The van der Waals surface area contributed by atoms with E-state index in [0.717, 1.165) is 16.0 Å². The predicted octanol–water partition coefficient (Wildman–Crippen LogP) is 3.06. The van der Waals surface area contributed by atoms with E-state index in [4.69, 9.17) is 4.74 Å². The Morgan fingerprint density at radius 3 is 2.72 bits per heavy atom. The molecule has 3 rings (SSSR count).